The molecule has 0 amide bonds. The molecule has 2 saturated carbocycles. The van der Waals surface area contributed by atoms with E-state index in [4.69, 9.17) is 0 Å². The first-order chi connectivity index (χ1) is 12.4. The largest absolute Gasteiger partial charge is 0.390 e. The number of hydrogen-bond acceptors (Lipinski definition) is 2. The lowest BCUT2D eigenvalue weighted by Gasteiger charge is -2.62. The predicted molar refractivity (Wildman–Crippen MR) is 107 cm³/mol. The van der Waals surface area contributed by atoms with Crippen molar-refractivity contribution in [2.75, 3.05) is 0 Å². The normalized spacial score (nSPS) is 28.0. The third-order valence-corrected chi connectivity index (χ3v) is 6.67. The van der Waals surface area contributed by atoms with Gasteiger partial charge in [-0.3, -0.25) is 4.90 Å². The van der Waals surface area contributed by atoms with Crippen molar-refractivity contribution in [1.29, 1.82) is 0 Å². The number of benzene rings is 2. The molecule has 0 atom stereocenters. The summed E-state index contributed by atoms with van der Waals surface area (Å²) in [5.74, 6) is 0.486. The molecular weight excluding hydrogens is 318 g/mol. The van der Waals surface area contributed by atoms with Crippen LogP contribution in [-0.2, 0) is 13.1 Å². The Hall–Kier alpha value is -1.64. The molecule has 0 saturated heterocycles. The molecule has 0 radical (unpaired) electrons. The van der Waals surface area contributed by atoms with Crippen molar-refractivity contribution in [1.82, 2.24) is 4.90 Å². The summed E-state index contributed by atoms with van der Waals surface area (Å²) in [4.78, 5) is 2.66. The molecule has 2 fully saturated rings. The summed E-state index contributed by atoms with van der Waals surface area (Å²) in [6.07, 6.45) is 4.99. The van der Waals surface area contributed by atoms with E-state index in [1.165, 1.54) is 36.8 Å². The highest BCUT2D eigenvalue weighted by Gasteiger charge is 2.56. The van der Waals surface area contributed by atoms with Crippen molar-refractivity contribution < 1.29 is 5.11 Å². The molecule has 1 spiro atoms. The first-order valence-electron chi connectivity index (χ1n) is 9.98. The van der Waals surface area contributed by atoms with E-state index in [-0.39, 0.29) is 0 Å². The highest BCUT2D eigenvalue weighted by Crippen LogP contribution is 2.62. The van der Waals surface area contributed by atoms with E-state index in [0.717, 1.165) is 13.1 Å². The van der Waals surface area contributed by atoms with Crippen molar-refractivity contribution in [2.45, 2.75) is 64.3 Å². The Morgan fingerprint density at radius 1 is 0.846 bits per heavy atom. The van der Waals surface area contributed by atoms with Crippen LogP contribution in [0.4, 0.5) is 0 Å². The fourth-order valence-electron chi connectivity index (χ4n) is 4.97. The molecule has 0 aromatic heterocycles. The summed E-state index contributed by atoms with van der Waals surface area (Å²) in [7, 11) is 0. The Bertz CT molecular complexity index is 663. The lowest BCUT2D eigenvalue weighted by Crippen LogP contribution is -2.59. The topological polar surface area (TPSA) is 23.5 Å². The van der Waals surface area contributed by atoms with Crippen LogP contribution in [-0.4, -0.2) is 21.6 Å². The molecule has 2 aromatic rings. The van der Waals surface area contributed by atoms with Gasteiger partial charge in [-0.25, -0.2) is 0 Å². The zero-order chi connectivity index (χ0) is 18.2. The maximum absolute atomic E-state index is 10.2. The number of nitrogens with zero attached hydrogens (tertiary/aromatic N) is 1. The van der Waals surface area contributed by atoms with Crippen LogP contribution in [0, 0.1) is 11.3 Å². The van der Waals surface area contributed by atoms with Crippen molar-refractivity contribution in [2.24, 2.45) is 11.3 Å². The third-order valence-electron chi connectivity index (χ3n) is 6.67. The maximum atomic E-state index is 10.2. The monoisotopic (exact) mass is 349 g/mol. The first kappa shape index (κ1) is 17.8. The quantitative estimate of drug-likeness (QED) is 0.791. The molecule has 2 heteroatoms. The van der Waals surface area contributed by atoms with E-state index < -0.39 is 5.60 Å². The molecule has 0 unspecified atom stereocenters. The molecule has 0 bridgehead atoms. The Balaban J connectivity index is 1.41. The fourth-order valence-corrected chi connectivity index (χ4v) is 4.97. The van der Waals surface area contributed by atoms with E-state index in [1.807, 2.05) is 13.8 Å². The van der Waals surface area contributed by atoms with Gasteiger partial charge >= 0.3 is 0 Å². The van der Waals surface area contributed by atoms with Gasteiger partial charge in [0.2, 0.25) is 0 Å². The van der Waals surface area contributed by atoms with Crippen LogP contribution in [0.15, 0.2) is 60.7 Å². The number of rotatable bonds is 6. The van der Waals surface area contributed by atoms with Crippen LogP contribution in [0.25, 0.3) is 0 Å². The highest BCUT2D eigenvalue weighted by atomic mass is 16.3. The van der Waals surface area contributed by atoms with Crippen LogP contribution >= 0.6 is 0 Å². The van der Waals surface area contributed by atoms with Crippen LogP contribution in [0.3, 0.4) is 0 Å². The molecule has 2 aromatic carbocycles. The number of hydrogen-bond donors (Lipinski definition) is 1. The predicted octanol–water partition coefficient (Wildman–Crippen LogP) is 5.02. The third kappa shape index (κ3) is 3.72. The molecule has 2 aliphatic carbocycles. The molecule has 138 valence electrons. The Morgan fingerprint density at radius 2 is 1.31 bits per heavy atom. The average Bonchev–Trinajstić information content (AvgIpc) is 2.53. The Morgan fingerprint density at radius 3 is 1.73 bits per heavy atom. The Kier molecular flexibility index (Phi) is 4.66. The molecule has 0 aliphatic heterocycles. The second-order valence-electron chi connectivity index (χ2n) is 9.20. The molecule has 4 rings (SSSR count). The molecule has 2 aliphatic rings. The fraction of sp³-hybridized carbons (Fsp3) is 0.500. The van der Waals surface area contributed by atoms with E-state index in [9.17, 15) is 5.11 Å². The zero-order valence-corrected chi connectivity index (χ0v) is 16.1. The number of aliphatic hydroxyl groups is 1. The van der Waals surface area contributed by atoms with Crippen LogP contribution in [0.5, 0.6) is 0 Å². The van der Waals surface area contributed by atoms with Crippen LogP contribution in [0.1, 0.15) is 50.7 Å². The van der Waals surface area contributed by atoms with Gasteiger partial charge in [0, 0.05) is 19.1 Å². The standard InChI is InChI=1S/C24H31NO/c1-23(2,26)21-13-24(14-21)15-22(16-24)25(17-19-9-5-3-6-10-19)18-20-11-7-4-8-12-20/h3-12,21-22,26H,13-18H2,1-2H3. The van der Waals surface area contributed by atoms with Gasteiger partial charge < -0.3 is 5.11 Å². The minimum Gasteiger partial charge on any atom is -0.390 e. The SMILES string of the molecule is CC(C)(O)C1CC2(CC(N(Cc3ccccc3)Cc3ccccc3)C2)C1. The molecule has 1 N–H and O–H groups in total. The van der Waals surface area contributed by atoms with Crippen LogP contribution < -0.4 is 0 Å². The van der Waals surface area contributed by atoms with E-state index in [2.05, 4.69) is 65.6 Å². The minimum atomic E-state index is -0.510. The van der Waals surface area contributed by atoms with Gasteiger partial charge in [-0.2, -0.15) is 0 Å². The lowest BCUT2D eigenvalue weighted by atomic mass is 9.47. The Labute approximate surface area is 157 Å². The summed E-state index contributed by atoms with van der Waals surface area (Å²) in [5, 5.41) is 10.2. The van der Waals surface area contributed by atoms with Gasteiger partial charge in [0.25, 0.3) is 0 Å². The van der Waals surface area contributed by atoms with E-state index in [1.54, 1.807) is 0 Å². The highest BCUT2D eigenvalue weighted by molar-refractivity contribution is 5.19. The van der Waals surface area contributed by atoms with Crippen molar-refractivity contribution >= 4 is 0 Å². The van der Waals surface area contributed by atoms with Gasteiger partial charge in [-0.15, -0.1) is 0 Å². The van der Waals surface area contributed by atoms with E-state index in [0.29, 0.717) is 17.4 Å². The summed E-state index contributed by atoms with van der Waals surface area (Å²) >= 11 is 0. The smallest absolute Gasteiger partial charge is 0.0620 e. The van der Waals surface area contributed by atoms with Gasteiger partial charge in [0.15, 0.2) is 0 Å². The van der Waals surface area contributed by atoms with Crippen LogP contribution in [0.2, 0.25) is 0 Å². The van der Waals surface area contributed by atoms with Gasteiger partial charge in [0.05, 0.1) is 5.60 Å². The second-order valence-corrected chi connectivity index (χ2v) is 9.20. The minimum absolute atomic E-state index is 0.486. The zero-order valence-electron chi connectivity index (χ0n) is 16.1. The van der Waals surface area contributed by atoms with Gasteiger partial charge in [0.1, 0.15) is 0 Å². The van der Waals surface area contributed by atoms with Crippen molar-refractivity contribution in [3.05, 3.63) is 71.8 Å². The van der Waals surface area contributed by atoms with Gasteiger partial charge in [-0.1, -0.05) is 60.7 Å². The second kappa shape index (κ2) is 6.83. The van der Waals surface area contributed by atoms with E-state index >= 15 is 0 Å². The molecular formula is C24H31NO. The molecule has 0 heterocycles. The first-order valence-corrected chi connectivity index (χ1v) is 9.98. The van der Waals surface area contributed by atoms with Gasteiger partial charge in [-0.05, 0) is 62.0 Å². The lowest BCUT2D eigenvalue weighted by molar-refractivity contribution is -0.148. The maximum Gasteiger partial charge on any atom is 0.0620 e. The van der Waals surface area contributed by atoms with Crippen molar-refractivity contribution in [3.63, 3.8) is 0 Å². The summed E-state index contributed by atoms with van der Waals surface area (Å²) < 4.78 is 0. The molecule has 26 heavy (non-hydrogen) atoms. The summed E-state index contributed by atoms with van der Waals surface area (Å²) in [5.41, 5.74) is 2.80. The molecule has 2 nitrogen and oxygen atoms in total. The summed E-state index contributed by atoms with van der Waals surface area (Å²) in [6.45, 7) is 5.98. The summed E-state index contributed by atoms with van der Waals surface area (Å²) in [6, 6.07) is 22.3. The van der Waals surface area contributed by atoms with Crippen molar-refractivity contribution in [3.8, 4) is 0 Å². The average molecular weight is 350 g/mol.